The summed E-state index contributed by atoms with van der Waals surface area (Å²) < 4.78 is 11.2. The summed E-state index contributed by atoms with van der Waals surface area (Å²) in [5, 5.41) is 32.2. The fourth-order valence-corrected chi connectivity index (χ4v) is 6.65. The number of nitrogens with one attached hydrogen (secondary N) is 4. The lowest BCUT2D eigenvalue weighted by molar-refractivity contribution is -0.521. The first-order chi connectivity index (χ1) is 20.4. The first-order valence-corrected chi connectivity index (χ1v) is 14.1. The van der Waals surface area contributed by atoms with Crippen molar-refractivity contribution in [3.05, 3.63) is 59.2 Å². The van der Waals surface area contributed by atoms with Crippen LogP contribution in [0.25, 0.3) is 0 Å². The van der Waals surface area contributed by atoms with Gasteiger partial charge in [0, 0.05) is 12.1 Å². The summed E-state index contributed by atoms with van der Waals surface area (Å²) in [5.74, 6) is -2.59. The van der Waals surface area contributed by atoms with Crippen LogP contribution >= 0.6 is 0 Å². The number of para-hydroxylation sites is 2. The number of aliphatic hydroxyl groups is 2. The van der Waals surface area contributed by atoms with Crippen LogP contribution in [-0.2, 0) is 5.41 Å². The highest BCUT2D eigenvalue weighted by Crippen LogP contribution is 2.43. The van der Waals surface area contributed by atoms with Crippen molar-refractivity contribution in [3.63, 3.8) is 0 Å². The molecule has 0 radical (unpaired) electrons. The molecule has 1 fully saturated rings. The van der Waals surface area contributed by atoms with Crippen LogP contribution in [0.3, 0.4) is 0 Å². The molecule has 0 aromatic heterocycles. The van der Waals surface area contributed by atoms with Crippen LogP contribution in [0.2, 0.25) is 0 Å². The lowest BCUT2D eigenvalue weighted by Crippen LogP contribution is -2.90. The standard InChI is InChI=1S/C29H36N8O6/c1-27(2)11-12-43-21-16(8-6-9-17(21)27)24(39)34-20-14-37-26(31)33-18(22-28(37,29(20,40)41)36-25(30)35-22)13-32-23(38)15-7-4-5-10-19(15)42-3/h4-10,18,20,22,40-41H,11-14H2,1-3H3,(H2,31,33)(H,32,38)(H,34,39)(H3,30,35,36)/p+1/t18-,20?,22-,28-/m0/s1. The van der Waals surface area contributed by atoms with E-state index in [-0.39, 0.29) is 30.4 Å². The molecule has 0 saturated carbocycles. The average Bonchev–Trinajstić information content (AvgIpc) is 3.44. The number of hydrogen-bond acceptors (Lipinski definition) is 11. The number of methoxy groups -OCH3 is 1. The van der Waals surface area contributed by atoms with Gasteiger partial charge in [0.2, 0.25) is 5.79 Å². The molecule has 1 unspecified atom stereocenters. The molecule has 4 aliphatic heterocycles. The zero-order chi connectivity index (χ0) is 30.7. The number of guanidine groups is 2. The Morgan fingerprint density at radius 3 is 2.67 bits per heavy atom. The maximum atomic E-state index is 13.6. The summed E-state index contributed by atoms with van der Waals surface area (Å²) in [6.45, 7) is 4.54. The van der Waals surface area contributed by atoms with Crippen LogP contribution in [0.5, 0.6) is 11.5 Å². The predicted molar refractivity (Wildman–Crippen MR) is 155 cm³/mol. The molecule has 4 heterocycles. The molecular formula is C29H37N8O6+. The minimum atomic E-state index is -2.60. The van der Waals surface area contributed by atoms with Gasteiger partial charge in [-0.1, -0.05) is 38.1 Å². The van der Waals surface area contributed by atoms with E-state index in [1.165, 1.54) is 12.0 Å². The third kappa shape index (κ3) is 4.31. The van der Waals surface area contributed by atoms with Gasteiger partial charge in [0.25, 0.3) is 17.5 Å². The molecule has 2 amide bonds. The number of benzene rings is 2. The van der Waals surface area contributed by atoms with Crippen molar-refractivity contribution >= 4 is 23.7 Å². The number of aliphatic imine (C=N–C) groups is 1. The van der Waals surface area contributed by atoms with Gasteiger partial charge < -0.3 is 36.1 Å². The highest BCUT2D eigenvalue weighted by molar-refractivity contribution is 5.98. The Kier molecular flexibility index (Phi) is 6.65. The molecule has 0 bridgehead atoms. The topological polar surface area (TPSA) is 211 Å². The SMILES string of the molecule is COc1ccccc1C(=O)NC[C@@H]1N=C(N)N2CC(NC(=O)c3cccc4c3OCCC4(C)C)C(O)(O)[C@@]23NC(N)=[NH+][C@@H]13. The van der Waals surface area contributed by atoms with E-state index in [1.54, 1.807) is 36.4 Å². The van der Waals surface area contributed by atoms with Gasteiger partial charge >= 0.3 is 5.96 Å². The second-order valence-corrected chi connectivity index (χ2v) is 11.9. The summed E-state index contributed by atoms with van der Waals surface area (Å²) in [5.41, 5.74) is 12.2. The van der Waals surface area contributed by atoms with E-state index in [0.29, 0.717) is 29.2 Å². The minimum Gasteiger partial charge on any atom is -0.496 e. The largest absolute Gasteiger partial charge is 0.496 e. The molecule has 6 rings (SSSR count). The molecule has 14 heteroatoms. The van der Waals surface area contributed by atoms with E-state index in [1.807, 2.05) is 6.07 Å². The van der Waals surface area contributed by atoms with Crippen LogP contribution in [0.4, 0.5) is 0 Å². The third-order valence-electron chi connectivity index (χ3n) is 8.97. The first-order valence-electron chi connectivity index (χ1n) is 14.1. The average molecular weight is 594 g/mol. The lowest BCUT2D eigenvalue weighted by atomic mass is 9.79. The van der Waals surface area contributed by atoms with Crippen LogP contribution in [-0.4, -0.2) is 95.2 Å². The number of carbonyl (C=O) groups is 2. The quantitative estimate of drug-likeness (QED) is 0.160. The lowest BCUT2D eigenvalue weighted by Gasteiger charge is -2.46. The van der Waals surface area contributed by atoms with E-state index in [2.05, 4.69) is 39.8 Å². The fourth-order valence-electron chi connectivity index (χ4n) is 6.65. The van der Waals surface area contributed by atoms with E-state index >= 15 is 0 Å². The van der Waals surface area contributed by atoms with Crippen LogP contribution in [0.15, 0.2) is 47.5 Å². The van der Waals surface area contributed by atoms with Gasteiger partial charge in [0.05, 0.1) is 31.4 Å². The minimum absolute atomic E-state index is 0.0109. The number of fused-ring (bicyclic) bond motifs is 1. The number of nitrogens with two attached hydrogens (primary N) is 2. The molecule has 2 aromatic carbocycles. The number of hydrogen-bond donors (Lipinski definition) is 8. The number of rotatable bonds is 6. The van der Waals surface area contributed by atoms with Crippen molar-refractivity contribution in [3.8, 4) is 11.5 Å². The van der Waals surface area contributed by atoms with Gasteiger partial charge in [-0.15, -0.1) is 0 Å². The van der Waals surface area contributed by atoms with Gasteiger partial charge in [0.1, 0.15) is 23.6 Å². The molecule has 14 nitrogen and oxygen atoms in total. The third-order valence-corrected chi connectivity index (χ3v) is 8.97. The number of amides is 2. The van der Waals surface area contributed by atoms with Gasteiger partial charge in [-0.05, 0) is 30.0 Å². The van der Waals surface area contributed by atoms with Crippen molar-refractivity contribution in [2.75, 3.05) is 26.8 Å². The van der Waals surface area contributed by atoms with Crippen molar-refractivity contribution in [2.45, 2.75) is 55.3 Å². The Morgan fingerprint density at radius 2 is 1.91 bits per heavy atom. The van der Waals surface area contributed by atoms with Crippen LogP contribution in [0.1, 0.15) is 46.5 Å². The zero-order valence-corrected chi connectivity index (χ0v) is 24.2. The summed E-state index contributed by atoms with van der Waals surface area (Å²) in [4.78, 5) is 35.7. The molecule has 228 valence electrons. The number of nitrogens with zero attached hydrogens (tertiary/aromatic N) is 2. The monoisotopic (exact) mass is 593 g/mol. The van der Waals surface area contributed by atoms with Crippen LogP contribution < -0.4 is 41.9 Å². The van der Waals surface area contributed by atoms with Gasteiger partial charge in [-0.3, -0.25) is 25.2 Å². The Balaban J connectivity index is 1.26. The molecule has 2 aromatic rings. The van der Waals surface area contributed by atoms with E-state index in [9.17, 15) is 19.8 Å². The second kappa shape index (κ2) is 10.0. The molecule has 4 aliphatic rings. The maximum absolute atomic E-state index is 13.6. The van der Waals surface area contributed by atoms with Gasteiger partial charge in [-0.2, -0.15) is 0 Å². The molecule has 4 atom stereocenters. The van der Waals surface area contributed by atoms with Crippen LogP contribution in [0, 0.1) is 0 Å². The van der Waals surface area contributed by atoms with Crippen molar-refractivity contribution in [2.24, 2.45) is 16.5 Å². The number of ether oxygens (including phenoxy) is 2. The van der Waals surface area contributed by atoms with Gasteiger partial charge in [-0.25, -0.2) is 10.3 Å². The second-order valence-electron chi connectivity index (χ2n) is 11.9. The molecule has 1 saturated heterocycles. The maximum Gasteiger partial charge on any atom is 0.343 e. The highest BCUT2D eigenvalue weighted by Gasteiger charge is 2.76. The normalized spacial score (nSPS) is 27.7. The fraction of sp³-hybridized carbons (Fsp3) is 0.448. The predicted octanol–water partition coefficient (Wildman–Crippen LogP) is -2.96. The first kappa shape index (κ1) is 28.6. The summed E-state index contributed by atoms with van der Waals surface area (Å²) in [7, 11) is 1.47. The smallest absolute Gasteiger partial charge is 0.343 e. The summed E-state index contributed by atoms with van der Waals surface area (Å²) >= 11 is 0. The van der Waals surface area contributed by atoms with E-state index in [4.69, 9.17) is 20.9 Å². The van der Waals surface area contributed by atoms with E-state index < -0.39 is 41.4 Å². The summed E-state index contributed by atoms with van der Waals surface area (Å²) in [6, 6.07) is 9.30. The van der Waals surface area contributed by atoms with Gasteiger partial charge in [0.15, 0.2) is 12.0 Å². The van der Waals surface area contributed by atoms with Crippen molar-refractivity contribution in [1.82, 2.24) is 20.9 Å². The van der Waals surface area contributed by atoms with Crippen molar-refractivity contribution < 1.29 is 34.3 Å². The van der Waals surface area contributed by atoms with E-state index in [0.717, 1.165) is 12.0 Å². The Bertz CT molecular complexity index is 1540. The molecule has 0 aliphatic carbocycles. The Morgan fingerprint density at radius 1 is 1.16 bits per heavy atom. The Hall–Kier alpha value is -4.56. The summed E-state index contributed by atoms with van der Waals surface area (Å²) in [6.07, 6.45) is 0.804. The molecule has 10 N–H and O–H groups in total. The van der Waals surface area contributed by atoms with Crippen molar-refractivity contribution in [1.29, 1.82) is 0 Å². The molecule has 43 heavy (non-hydrogen) atoms. The Labute approximate surface area is 248 Å². The molecule has 1 spiro atoms. The molecular weight excluding hydrogens is 556 g/mol. The zero-order valence-electron chi connectivity index (χ0n) is 24.2. The number of carbonyl (C=O) groups excluding carboxylic acids is 2. The highest BCUT2D eigenvalue weighted by atomic mass is 16.5.